The summed E-state index contributed by atoms with van der Waals surface area (Å²) in [4.78, 5) is 8.99. The smallest absolute Gasteiger partial charge is 0.126 e. The highest BCUT2D eigenvalue weighted by atomic mass is 35.5. The lowest BCUT2D eigenvalue weighted by molar-refractivity contribution is 1.06. The van der Waals surface area contributed by atoms with Crippen LogP contribution >= 0.6 is 23.2 Å². The van der Waals surface area contributed by atoms with E-state index in [1.807, 2.05) is 61.5 Å². The maximum atomic E-state index is 5.93. The number of hydrogen-bond acceptors (Lipinski definition) is 2. The fraction of sp³-hybridized carbons (Fsp3) is 0.0588. The molecule has 0 fully saturated rings. The molecule has 104 valence electrons. The molecule has 0 aliphatic rings. The van der Waals surface area contributed by atoms with Crippen LogP contribution in [0.1, 0.15) is 5.82 Å². The molecule has 0 saturated heterocycles. The molecule has 4 heteroatoms. The van der Waals surface area contributed by atoms with Gasteiger partial charge in [-0.1, -0.05) is 47.5 Å². The summed E-state index contributed by atoms with van der Waals surface area (Å²) in [6.45, 7) is 1.89. The molecular formula is C17H12Cl2N2. The molecule has 21 heavy (non-hydrogen) atoms. The van der Waals surface area contributed by atoms with E-state index >= 15 is 0 Å². The topological polar surface area (TPSA) is 25.8 Å². The van der Waals surface area contributed by atoms with Gasteiger partial charge in [-0.05, 0) is 37.3 Å². The van der Waals surface area contributed by atoms with Crippen LogP contribution in [0, 0.1) is 6.92 Å². The average Bonchev–Trinajstić information content (AvgIpc) is 2.48. The Morgan fingerprint density at radius 3 is 1.43 bits per heavy atom. The van der Waals surface area contributed by atoms with Crippen molar-refractivity contribution in [1.82, 2.24) is 9.97 Å². The summed E-state index contributed by atoms with van der Waals surface area (Å²) in [5.41, 5.74) is 3.79. The molecule has 1 heterocycles. The van der Waals surface area contributed by atoms with Gasteiger partial charge in [0.05, 0.1) is 11.4 Å². The van der Waals surface area contributed by atoms with E-state index in [2.05, 4.69) is 9.97 Å². The average molecular weight is 315 g/mol. The van der Waals surface area contributed by atoms with Crippen molar-refractivity contribution in [3.63, 3.8) is 0 Å². The van der Waals surface area contributed by atoms with Crippen LogP contribution in [0.2, 0.25) is 10.0 Å². The Kier molecular flexibility index (Phi) is 3.91. The van der Waals surface area contributed by atoms with Crippen LogP contribution in [-0.2, 0) is 0 Å². The van der Waals surface area contributed by atoms with E-state index in [4.69, 9.17) is 23.2 Å². The first-order valence-corrected chi connectivity index (χ1v) is 7.25. The normalized spacial score (nSPS) is 10.6. The molecule has 3 aromatic rings. The molecule has 0 atom stereocenters. The summed E-state index contributed by atoms with van der Waals surface area (Å²) in [5.74, 6) is 0.729. The van der Waals surface area contributed by atoms with Crippen LogP contribution in [0.15, 0.2) is 54.6 Å². The number of rotatable bonds is 2. The van der Waals surface area contributed by atoms with Crippen molar-refractivity contribution >= 4 is 23.2 Å². The van der Waals surface area contributed by atoms with Gasteiger partial charge >= 0.3 is 0 Å². The number of hydrogen-bond donors (Lipinski definition) is 0. The zero-order chi connectivity index (χ0) is 14.8. The Morgan fingerprint density at radius 1 is 0.667 bits per heavy atom. The summed E-state index contributed by atoms with van der Waals surface area (Å²) < 4.78 is 0. The first-order chi connectivity index (χ1) is 10.1. The van der Waals surface area contributed by atoms with E-state index in [0.717, 1.165) is 28.3 Å². The Balaban J connectivity index is 2.07. The summed E-state index contributed by atoms with van der Waals surface area (Å²) in [6, 6.07) is 17.2. The predicted octanol–water partition coefficient (Wildman–Crippen LogP) is 5.43. The highest BCUT2D eigenvalue weighted by molar-refractivity contribution is 6.30. The van der Waals surface area contributed by atoms with Crippen molar-refractivity contribution in [2.75, 3.05) is 0 Å². The van der Waals surface area contributed by atoms with Gasteiger partial charge in [0.1, 0.15) is 5.82 Å². The predicted molar refractivity (Wildman–Crippen MR) is 87.7 cm³/mol. The Labute approximate surface area is 133 Å². The van der Waals surface area contributed by atoms with Crippen molar-refractivity contribution in [1.29, 1.82) is 0 Å². The largest absolute Gasteiger partial charge is 0.233 e. The van der Waals surface area contributed by atoms with Gasteiger partial charge in [0.2, 0.25) is 0 Å². The number of benzene rings is 2. The Bertz CT molecular complexity index is 702. The Morgan fingerprint density at radius 2 is 1.05 bits per heavy atom. The molecule has 0 bridgehead atoms. The van der Waals surface area contributed by atoms with Gasteiger partial charge in [-0.2, -0.15) is 0 Å². The fourth-order valence-corrected chi connectivity index (χ4v) is 2.36. The van der Waals surface area contributed by atoms with Crippen molar-refractivity contribution in [3.8, 4) is 22.5 Å². The second-order valence-electron chi connectivity index (χ2n) is 4.70. The second kappa shape index (κ2) is 5.84. The lowest BCUT2D eigenvalue weighted by Gasteiger charge is -2.07. The van der Waals surface area contributed by atoms with E-state index < -0.39 is 0 Å². The van der Waals surface area contributed by atoms with E-state index in [-0.39, 0.29) is 0 Å². The molecule has 0 aliphatic carbocycles. The standard InChI is InChI=1S/C17H12Cl2N2/c1-11-20-16(12-2-6-14(18)7-3-12)10-17(21-11)13-4-8-15(19)9-5-13/h2-10H,1H3. The maximum absolute atomic E-state index is 5.93. The maximum Gasteiger partial charge on any atom is 0.126 e. The molecule has 0 unspecified atom stereocenters. The van der Waals surface area contributed by atoms with Gasteiger partial charge < -0.3 is 0 Å². The van der Waals surface area contributed by atoms with Crippen molar-refractivity contribution < 1.29 is 0 Å². The molecule has 0 spiro atoms. The summed E-state index contributed by atoms with van der Waals surface area (Å²) in [6.07, 6.45) is 0. The lowest BCUT2D eigenvalue weighted by atomic mass is 10.1. The van der Waals surface area contributed by atoms with Gasteiger partial charge in [0.25, 0.3) is 0 Å². The number of nitrogens with zero attached hydrogens (tertiary/aromatic N) is 2. The SMILES string of the molecule is Cc1nc(-c2ccc(Cl)cc2)cc(-c2ccc(Cl)cc2)n1. The third kappa shape index (κ3) is 3.23. The molecule has 0 aliphatic heterocycles. The highest BCUT2D eigenvalue weighted by Gasteiger charge is 2.06. The van der Waals surface area contributed by atoms with Crippen LogP contribution < -0.4 is 0 Å². The molecule has 0 saturated carbocycles. The fourth-order valence-electron chi connectivity index (χ4n) is 2.10. The monoisotopic (exact) mass is 314 g/mol. The second-order valence-corrected chi connectivity index (χ2v) is 5.57. The van der Waals surface area contributed by atoms with Gasteiger partial charge in [-0.25, -0.2) is 9.97 Å². The Hall–Kier alpha value is -1.90. The summed E-state index contributed by atoms with van der Waals surface area (Å²) in [7, 11) is 0. The molecule has 0 N–H and O–H groups in total. The first kappa shape index (κ1) is 14.1. The van der Waals surface area contributed by atoms with Crippen LogP contribution in [0.5, 0.6) is 0 Å². The third-order valence-corrected chi connectivity index (χ3v) is 3.62. The van der Waals surface area contributed by atoms with E-state index in [1.54, 1.807) is 0 Å². The highest BCUT2D eigenvalue weighted by Crippen LogP contribution is 2.25. The van der Waals surface area contributed by atoms with E-state index in [0.29, 0.717) is 10.0 Å². The van der Waals surface area contributed by atoms with Crippen LogP contribution in [0.25, 0.3) is 22.5 Å². The van der Waals surface area contributed by atoms with Crippen molar-refractivity contribution in [3.05, 3.63) is 70.5 Å². The third-order valence-electron chi connectivity index (χ3n) is 3.12. The molecule has 2 aromatic carbocycles. The van der Waals surface area contributed by atoms with E-state index in [1.165, 1.54) is 0 Å². The van der Waals surface area contributed by atoms with Gasteiger partial charge in [0, 0.05) is 21.2 Å². The van der Waals surface area contributed by atoms with Crippen LogP contribution in [-0.4, -0.2) is 9.97 Å². The minimum Gasteiger partial charge on any atom is -0.233 e. The molecule has 1 aromatic heterocycles. The zero-order valence-corrected chi connectivity index (χ0v) is 12.9. The van der Waals surface area contributed by atoms with Crippen molar-refractivity contribution in [2.24, 2.45) is 0 Å². The van der Waals surface area contributed by atoms with Gasteiger partial charge in [-0.15, -0.1) is 0 Å². The zero-order valence-electron chi connectivity index (χ0n) is 11.3. The number of aromatic nitrogens is 2. The molecule has 3 rings (SSSR count). The summed E-state index contributed by atoms with van der Waals surface area (Å²) in [5, 5.41) is 1.42. The number of aryl methyl sites for hydroxylation is 1. The summed E-state index contributed by atoms with van der Waals surface area (Å²) >= 11 is 11.9. The van der Waals surface area contributed by atoms with Crippen LogP contribution in [0.4, 0.5) is 0 Å². The number of halogens is 2. The van der Waals surface area contributed by atoms with E-state index in [9.17, 15) is 0 Å². The molecule has 2 nitrogen and oxygen atoms in total. The molecule has 0 radical (unpaired) electrons. The quantitative estimate of drug-likeness (QED) is 0.630. The minimum absolute atomic E-state index is 0.711. The van der Waals surface area contributed by atoms with Crippen LogP contribution in [0.3, 0.4) is 0 Å². The van der Waals surface area contributed by atoms with Gasteiger partial charge in [0.15, 0.2) is 0 Å². The van der Waals surface area contributed by atoms with Crippen molar-refractivity contribution in [2.45, 2.75) is 6.92 Å². The molecule has 0 amide bonds. The minimum atomic E-state index is 0.711. The van der Waals surface area contributed by atoms with Gasteiger partial charge in [-0.3, -0.25) is 0 Å². The lowest BCUT2D eigenvalue weighted by Crippen LogP contribution is -1.94. The molecular weight excluding hydrogens is 303 g/mol. The first-order valence-electron chi connectivity index (χ1n) is 6.49.